The second-order valence-corrected chi connectivity index (χ2v) is 0.952. The first-order chi connectivity index (χ1) is 2.50. The molecule has 1 rings (SSSR count). The van der Waals surface area contributed by atoms with E-state index in [1.54, 1.807) is 6.20 Å². The second-order valence-electron chi connectivity index (χ2n) is 0.952. The number of allylic oxidation sites excluding steroid dienone is 1. The summed E-state index contributed by atoms with van der Waals surface area (Å²) >= 11 is 0. The van der Waals surface area contributed by atoms with E-state index in [-0.39, 0.29) is 1.43 Å². The predicted molar refractivity (Wildman–Crippen MR) is 23.4 cm³/mol. The summed E-state index contributed by atoms with van der Waals surface area (Å²) in [5.74, 6) is 0. The average Bonchev–Trinajstić information content (AvgIpc) is 1.76. The lowest BCUT2D eigenvalue weighted by Gasteiger charge is -1.54. The van der Waals surface area contributed by atoms with Crippen LogP contribution in [0.1, 0.15) is 7.85 Å². The van der Waals surface area contributed by atoms with Gasteiger partial charge in [-0.15, -0.1) is 0 Å². The van der Waals surface area contributed by atoms with Crippen LogP contribution in [0.2, 0.25) is 0 Å². The molecule has 1 heterocycles. The fraction of sp³-hybridized carbons (Fsp3) is 0.250. The molecule has 1 nitrogen and oxygen atoms in total. The Morgan fingerprint density at radius 2 is 2.80 bits per heavy atom. The standard InChI is InChI=1S/C4H5N/c1-2-4-5-3-1/h1,3-4H,2H2/p+1. The first-order valence-corrected chi connectivity index (χ1v) is 1.67. The van der Waals surface area contributed by atoms with Crippen molar-refractivity contribution in [2.24, 2.45) is 4.99 Å². The third-order valence-electron chi connectivity index (χ3n) is 0.538. The Labute approximate surface area is 32.5 Å². The van der Waals surface area contributed by atoms with Crippen LogP contribution in [0.4, 0.5) is 0 Å². The third-order valence-corrected chi connectivity index (χ3v) is 0.538. The highest BCUT2D eigenvalue weighted by molar-refractivity contribution is 5.62. The highest BCUT2D eigenvalue weighted by atomic mass is 14.7. The molecular formula is C4H6N+. The van der Waals surface area contributed by atoms with E-state index in [4.69, 9.17) is 0 Å². The summed E-state index contributed by atoms with van der Waals surface area (Å²) in [6.45, 7) is 0. The Hall–Kier alpha value is -0.590. The van der Waals surface area contributed by atoms with Crippen molar-refractivity contribution in [1.29, 1.82) is 0 Å². The molecule has 0 radical (unpaired) electrons. The molecule has 1 aliphatic heterocycles. The third kappa shape index (κ3) is 0.349. The van der Waals surface area contributed by atoms with Crippen LogP contribution >= 0.6 is 0 Å². The van der Waals surface area contributed by atoms with Gasteiger partial charge in [-0.1, -0.05) is 6.08 Å². The topological polar surface area (TPSA) is 12.4 Å². The van der Waals surface area contributed by atoms with Crippen molar-refractivity contribution in [3.05, 3.63) is 12.3 Å². The summed E-state index contributed by atoms with van der Waals surface area (Å²) in [6.07, 6.45) is 6.72. The van der Waals surface area contributed by atoms with Crippen LogP contribution in [-0.4, -0.2) is 6.21 Å². The minimum Gasteiger partial charge on any atom is -0.269 e. The van der Waals surface area contributed by atoms with Crippen molar-refractivity contribution in [3.63, 3.8) is 0 Å². The molecule has 1 heteroatoms. The molecule has 0 aromatic carbocycles. The average molecular weight is 68.1 g/mol. The van der Waals surface area contributed by atoms with Gasteiger partial charge >= 0.3 is 1.43 Å². The van der Waals surface area contributed by atoms with E-state index in [1.807, 2.05) is 12.3 Å². The first kappa shape index (κ1) is 2.64. The Morgan fingerprint density at radius 1 is 1.80 bits per heavy atom. The Morgan fingerprint density at radius 3 is 3.00 bits per heavy atom. The molecular weight excluding hydrogens is 62.1 g/mol. The lowest BCUT2D eigenvalue weighted by atomic mass is 10.5. The van der Waals surface area contributed by atoms with Crippen LogP contribution < -0.4 is 0 Å². The number of hydrogen-bond donors (Lipinski definition) is 0. The van der Waals surface area contributed by atoms with E-state index in [2.05, 4.69) is 4.99 Å². The number of aliphatic imine (C=N–C) groups is 1. The van der Waals surface area contributed by atoms with Gasteiger partial charge in [-0.3, -0.25) is 4.99 Å². The predicted octanol–water partition coefficient (Wildman–Crippen LogP) is 1.09. The highest BCUT2D eigenvalue weighted by Gasteiger charge is 1.73. The van der Waals surface area contributed by atoms with E-state index in [9.17, 15) is 0 Å². The van der Waals surface area contributed by atoms with Crippen molar-refractivity contribution < 1.29 is 1.43 Å². The molecule has 0 aromatic heterocycles. The molecule has 0 aromatic rings. The highest BCUT2D eigenvalue weighted by Crippen LogP contribution is 1.86. The van der Waals surface area contributed by atoms with Gasteiger partial charge in [0.2, 0.25) is 0 Å². The van der Waals surface area contributed by atoms with Gasteiger partial charge in [0.15, 0.2) is 0 Å². The molecule has 5 heavy (non-hydrogen) atoms. The van der Waals surface area contributed by atoms with Crippen LogP contribution in [0.3, 0.4) is 0 Å². The van der Waals surface area contributed by atoms with Crippen molar-refractivity contribution in [2.45, 2.75) is 6.42 Å². The van der Waals surface area contributed by atoms with E-state index in [1.165, 1.54) is 0 Å². The summed E-state index contributed by atoms with van der Waals surface area (Å²) in [5, 5.41) is 0. The zero-order valence-electron chi connectivity index (χ0n) is 3.89. The molecule has 0 amide bonds. The molecule has 0 fully saturated rings. The quantitative estimate of drug-likeness (QED) is 0.403. The largest absolute Gasteiger partial charge is 1.00 e. The minimum absolute atomic E-state index is 0. The van der Waals surface area contributed by atoms with Gasteiger partial charge in [0, 0.05) is 18.8 Å². The molecule has 0 atom stereocenters. The van der Waals surface area contributed by atoms with E-state index in [0.717, 1.165) is 6.42 Å². The molecule has 0 spiro atoms. The maximum absolute atomic E-state index is 3.78. The molecule has 0 saturated carbocycles. The maximum Gasteiger partial charge on any atom is 1.00 e. The van der Waals surface area contributed by atoms with Gasteiger partial charge in [0.25, 0.3) is 0 Å². The Kier molecular flexibility index (Phi) is 0.537. The monoisotopic (exact) mass is 68.0 g/mol. The summed E-state index contributed by atoms with van der Waals surface area (Å²) in [5.41, 5.74) is 0. The zero-order valence-corrected chi connectivity index (χ0v) is 2.89. The summed E-state index contributed by atoms with van der Waals surface area (Å²) < 4.78 is 0. The van der Waals surface area contributed by atoms with Gasteiger partial charge in [-0.2, -0.15) is 0 Å². The molecule has 0 aliphatic carbocycles. The summed E-state index contributed by atoms with van der Waals surface area (Å²) in [7, 11) is 0. The van der Waals surface area contributed by atoms with Gasteiger partial charge in [0.05, 0.1) is 0 Å². The first-order valence-electron chi connectivity index (χ1n) is 1.67. The maximum atomic E-state index is 3.78. The number of nitrogens with zero attached hydrogens (tertiary/aromatic N) is 1. The van der Waals surface area contributed by atoms with Crippen molar-refractivity contribution in [3.8, 4) is 0 Å². The molecule has 0 unspecified atom stereocenters. The Balaban J connectivity index is 0.000000250. The zero-order chi connectivity index (χ0) is 3.54. The second kappa shape index (κ2) is 1.02. The minimum atomic E-state index is 0. The lowest BCUT2D eigenvalue weighted by molar-refractivity contribution is 1.60. The van der Waals surface area contributed by atoms with E-state index >= 15 is 0 Å². The Bertz CT molecular complexity index is 65.6. The van der Waals surface area contributed by atoms with Gasteiger partial charge in [-0.25, -0.2) is 0 Å². The summed E-state index contributed by atoms with van der Waals surface area (Å²) in [4.78, 5) is 3.78. The van der Waals surface area contributed by atoms with Crippen LogP contribution in [0, 0.1) is 0 Å². The van der Waals surface area contributed by atoms with Crippen molar-refractivity contribution in [1.82, 2.24) is 0 Å². The fourth-order valence-corrected chi connectivity index (χ4v) is 0.304. The van der Waals surface area contributed by atoms with Crippen molar-refractivity contribution in [2.75, 3.05) is 0 Å². The smallest absolute Gasteiger partial charge is 0.269 e. The van der Waals surface area contributed by atoms with E-state index in [0.29, 0.717) is 0 Å². The van der Waals surface area contributed by atoms with E-state index < -0.39 is 0 Å². The molecule has 0 bridgehead atoms. The number of hydrogen-bond acceptors (Lipinski definition) is 1. The molecule has 0 saturated heterocycles. The van der Waals surface area contributed by atoms with Gasteiger partial charge in [-0.05, 0) is 0 Å². The molecule has 1 aliphatic rings. The van der Waals surface area contributed by atoms with Crippen molar-refractivity contribution >= 4 is 6.21 Å². The molecule has 0 N–H and O–H groups in total. The normalized spacial score (nSPS) is 17.6. The van der Waals surface area contributed by atoms with Crippen LogP contribution in [0.15, 0.2) is 17.3 Å². The lowest BCUT2D eigenvalue weighted by Crippen LogP contribution is -1.51. The number of rotatable bonds is 0. The van der Waals surface area contributed by atoms with Crippen LogP contribution in [-0.2, 0) is 0 Å². The summed E-state index contributed by atoms with van der Waals surface area (Å²) in [6, 6.07) is 0. The van der Waals surface area contributed by atoms with Crippen LogP contribution in [0.5, 0.6) is 0 Å². The van der Waals surface area contributed by atoms with Gasteiger partial charge < -0.3 is 0 Å². The van der Waals surface area contributed by atoms with Crippen LogP contribution in [0.25, 0.3) is 0 Å². The molecule has 26 valence electrons. The fourth-order valence-electron chi connectivity index (χ4n) is 0.304. The SMILES string of the molecule is C1=CN=CC1.[H+]. The van der Waals surface area contributed by atoms with Gasteiger partial charge in [0.1, 0.15) is 0 Å².